The van der Waals surface area contributed by atoms with E-state index >= 15 is 0 Å². The number of esters is 1. The minimum absolute atomic E-state index is 0.0770. The van der Waals surface area contributed by atoms with E-state index < -0.39 is 22.0 Å². The van der Waals surface area contributed by atoms with E-state index in [2.05, 4.69) is 4.98 Å². The van der Waals surface area contributed by atoms with E-state index in [-0.39, 0.29) is 11.3 Å². The molecule has 2 aromatic carbocycles. The molecule has 0 amide bonds. The summed E-state index contributed by atoms with van der Waals surface area (Å²) in [6.45, 7) is 2.29. The Kier molecular flexibility index (Phi) is 5.65. The third-order valence-corrected chi connectivity index (χ3v) is 7.05. The lowest BCUT2D eigenvalue weighted by atomic mass is 10.0. The Morgan fingerprint density at radius 1 is 1.10 bits per heavy atom. The second-order valence-corrected chi connectivity index (χ2v) is 9.01. The lowest BCUT2D eigenvalue weighted by Crippen LogP contribution is -2.29. The zero-order valence-electron chi connectivity index (χ0n) is 17.2. The molecule has 3 aromatic rings. The van der Waals surface area contributed by atoms with Gasteiger partial charge in [-0.3, -0.25) is 14.1 Å². The summed E-state index contributed by atoms with van der Waals surface area (Å²) in [5.74, 6) is 0.131. The van der Waals surface area contributed by atoms with Gasteiger partial charge in [0.1, 0.15) is 12.4 Å². The van der Waals surface area contributed by atoms with Gasteiger partial charge in [-0.05, 0) is 60.5 Å². The van der Waals surface area contributed by atoms with Crippen LogP contribution in [0.3, 0.4) is 0 Å². The predicted molar refractivity (Wildman–Crippen MR) is 115 cm³/mol. The van der Waals surface area contributed by atoms with E-state index in [0.29, 0.717) is 23.6 Å². The molecule has 4 rings (SSSR count). The molecule has 0 radical (unpaired) electrons. The molecular formula is C23H22N2O5S. The summed E-state index contributed by atoms with van der Waals surface area (Å²) in [7, 11) is -2.51. The van der Waals surface area contributed by atoms with Gasteiger partial charge in [0.15, 0.2) is 0 Å². The molecule has 0 saturated carbocycles. The van der Waals surface area contributed by atoms with Crippen LogP contribution in [0.1, 0.15) is 29.3 Å². The SMILES string of the molecule is COC(=O)CC1c2ccccc2S(=O)(=O)N1c1ccc(OCc2ccnc(C)c2)cc1. The number of carbonyl (C=O) groups excluding carboxylic acids is 1. The molecule has 0 saturated heterocycles. The van der Waals surface area contributed by atoms with Crippen LogP contribution >= 0.6 is 0 Å². The number of rotatable bonds is 6. The lowest BCUT2D eigenvalue weighted by Gasteiger charge is -2.25. The van der Waals surface area contributed by atoms with Crippen molar-refractivity contribution in [1.82, 2.24) is 4.98 Å². The van der Waals surface area contributed by atoms with Crippen molar-refractivity contribution in [2.45, 2.75) is 30.9 Å². The van der Waals surface area contributed by atoms with Crippen LogP contribution in [0.25, 0.3) is 0 Å². The molecule has 1 aliphatic heterocycles. The molecule has 2 heterocycles. The number of aryl methyl sites for hydroxylation is 1. The highest BCUT2D eigenvalue weighted by atomic mass is 32.2. The zero-order valence-corrected chi connectivity index (χ0v) is 18.0. The number of fused-ring (bicyclic) bond motifs is 1. The van der Waals surface area contributed by atoms with E-state index in [1.54, 1.807) is 54.7 Å². The largest absolute Gasteiger partial charge is 0.489 e. The maximum Gasteiger partial charge on any atom is 0.307 e. The van der Waals surface area contributed by atoms with Gasteiger partial charge in [-0.1, -0.05) is 18.2 Å². The number of sulfonamides is 1. The Labute approximate surface area is 181 Å². The van der Waals surface area contributed by atoms with Crippen molar-refractivity contribution in [2.24, 2.45) is 0 Å². The van der Waals surface area contributed by atoms with Crippen molar-refractivity contribution in [3.8, 4) is 5.75 Å². The van der Waals surface area contributed by atoms with Crippen molar-refractivity contribution in [3.63, 3.8) is 0 Å². The summed E-state index contributed by atoms with van der Waals surface area (Å²) in [4.78, 5) is 16.4. The van der Waals surface area contributed by atoms with Crippen LogP contribution in [0.2, 0.25) is 0 Å². The Morgan fingerprint density at radius 2 is 1.84 bits per heavy atom. The van der Waals surface area contributed by atoms with Crippen molar-refractivity contribution < 1.29 is 22.7 Å². The molecule has 0 spiro atoms. The number of ether oxygens (including phenoxy) is 2. The van der Waals surface area contributed by atoms with Gasteiger partial charge >= 0.3 is 5.97 Å². The van der Waals surface area contributed by atoms with Crippen LogP contribution in [-0.2, 0) is 26.2 Å². The van der Waals surface area contributed by atoms with Crippen LogP contribution in [-0.4, -0.2) is 26.5 Å². The number of pyridine rings is 1. The number of methoxy groups -OCH3 is 1. The van der Waals surface area contributed by atoms with E-state index in [4.69, 9.17) is 9.47 Å². The quantitative estimate of drug-likeness (QED) is 0.545. The highest BCUT2D eigenvalue weighted by molar-refractivity contribution is 7.93. The Balaban J connectivity index is 1.60. The average Bonchev–Trinajstić information content (AvgIpc) is 2.99. The monoisotopic (exact) mass is 438 g/mol. The van der Waals surface area contributed by atoms with Crippen LogP contribution in [0.5, 0.6) is 5.75 Å². The summed E-state index contributed by atoms with van der Waals surface area (Å²) in [6, 6.07) is 16.7. The second kappa shape index (κ2) is 8.39. The van der Waals surface area contributed by atoms with Crippen LogP contribution in [0, 0.1) is 6.92 Å². The highest BCUT2D eigenvalue weighted by Crippen LogP contribution is 2.44. The average molecular weight is 439 g/mol. The zero-order chi connectivity index (χ0) is 22.0. The van der Waals surface area contributed by atoms with E-state index in [0.717, 1.165) is 11.3 Å². The first kappa shape index (κ1) is 20.9. The highest BCUT2D eigenvalue weighted by Gasteiger charge is 2.43. The Morgan fingerprint density at radius 3 is 2.55 bits per heavy atom. The standard InChI is InChI=1S/C23H22N2O5S/c1-16-13-17(11-12-24-16)15-30-19-9-7-18(8-10-19)25-21(14-23(26)29-2)20-5-3-4-6-22(20)31(25,27)28/h3-13,21H,14-15H2,1-2H3. The number of nitrogens with zero attached hydrogens (tertiary/aromatic N) is 2. The van der Waals surface area contributed by atoms with Gasteiger partial charge in [0.25, 0.3) is 10.0 Å². The van der Waals surface area contributed by atoms with Crippen LogP contribution < -0.4 is 9.04 Å². The predicted octanol–water partition coefficient (Wildman–Crippen LogP) is 3.78. The van der Waals surface area contributed by atoms with Crippen molar-refractivity contribution in [3.05, 3.63) is 83.7 Å². The number of carbonyl (C=O) groups is 1. The van der Waals surface area contributed by atoms with Gasteiger partial charge in [0, 0.05) is 11.9 Å². The van der Waals surface area contributed by atoms with Gasteiger partial charge in [0.05, 0.1) is 30.2 Å². The maximum atomic E-state index is 13.2. The number of hydrogen-bond acceptors (Lipinski definition) is 6. The topological polar surface area (TPSA) is 85.8 Å². The fraction of sp³-hybridized carbons (Fsp3) is 0.217. The molecule has 1 atom stereocenters. The minimum atomic E-state index is -3.80. The number of anilines is 1. The molecule has 1 aromatic heterocycles. The normalized spacial score (nSPS) is 16.6. The third kappa shape index (κ3) is 4.11. The third-order valence-electron chi connectivity index (χ3n) is 5.14. The van der Waals surface area contributed by atoms with E-state index in [1.807, 2.05) is 19.1 Å². The molecule has 0 fully saturated rings. The fourth-order valence-corrected chi connectivity index (χ4v) is 5.58. The first-order valence-electron chi connectivity index (χ1n) is 9.75. The number of aromatic nitrogens is 1. The summed E-state index contributed by atoms with van der Waals surface area (Å²) in [6.07, 6.45) is 1.65. The molecule has 1 aliphatic rings. The molecule has 0 N–H and O–H groups in total. The maximum absolute atomic E-state index is 13.2. The van der Waals surface area contributed by atoms with Gasteiger partial charge in [-0.15, -0.1) is 0 Å². The van der Waals surface area contributed by atoms with Gasteiger partial charge < -0.3 is 9.47 Å². The van der Waals surface area contributed by atoms with E-state index in [1.165, 1.54) is 11.4 Å². The molecule has 8 heteroatoms. The molecule has 0 bridgehead atoms. The van der Waals surface area contributed by atoms with Crippen LogP contribution in [0.15, 0.2) is 71.8 Å². The molecule has 31 heavy (non-hydrogen) atoms. The molecule has 1 unspecified atom stereocenters. The van der Waals surface area contributed by atoms with Crippen molar-refractivity contribution in [1.29, 1.82) is 0 Å². The molecule has 0 aliphatic carbocycles. The van der Waals surface area contributed by atoms with E-state index in [9.17, 15) is 13.2 Å². The molecule has 7 nitrogen and oxygen atoms in total. The van der Waals surface area contributed by atoms with Crippen molar-refractivity contribution >= 4 is 21.7 Å². The minimum Gasteiger partial charge on any atom is -0.489 e. The molecule has 160 valence electrons. The summed E-state index contributed by atoms with van der Waals surface area (Å²) in [5.41, 5.74) is 2.94. The Hall–Kier alpha value is -3.39. The summed E-state index contributed by atoms with van der Waals surface area (Å²) >= 11 is 0. The van der Waals surface area contributed by atoms with Gasteiger partial charge in [-0.25, -0.2) is 8.42 Å². The van der Waals surface area contributed by atoms with Crippen LogP contribution in [0.4, 0.5) is 5.69 Å². The summed E-state index contributed by atoms with van der Waals surface area (Å²) < 4.78 is 38.4. The van der Waals surface area contributed by atoms with Gasteiger partial charge in [-0.2, -0.15) is 0 Å². The second-order valence-electron chi connectivity index (χ2n) is 7.22. The van der Waals surface area contributed by atoms with Gasteiger partial charge in [0.2, 0.25) is 0 Å². The Bertz CT molecular complexity index is 1210. The van der Waals surface area contributed by atoms with Crippen molar-refractivity contribution in [2.75, 3.05) is 11.4 Å². The fourth-order valence-electron chi connectivity index (χ4n) is 3.69. The number of benzene rings is 2. The smallest absolute Gasteiger partial charge is 0.307 e. The first-order chi connectivity index (χ1) is 14.9. The lowest BCUT2D eigenvalue weighted by molar-refractivity contribution is -0.141. The molecular weight excluding hydrogens is 416 g/mol. The summed E-state index contributed by atoms with van der Waals surface area (Å²) in [5, 5.41) is 0. The number of hydrogen-bond donors (Lipinski definition) is 0. The first-order valence-corrected chi connectivity index (χ1v) is 11.2.